The number of nitrogens with zero attached hydrogens (tertiary/aromatic N) is 1. The number of hydrogen-bond donors (Lipinski definition) is 1. The van der Waals surface area contributed by atoms with Crippen LogP contribution in [0, 0.1) is 13.8 Å². The van der Waals surface area contributed by atoms with Crippen LogP contribution >= 0.6 is 0 Å². The van der Waals surface area contributed by atoms with Crippen LogP contribution in [0.1, 0.15) is 29.5 Å². The number of aromatic nitrogens is 1. The van der Waals surface area contributed by atoms with Crippen LogP contribution in [-0.2, 0) is 9.53 Å². The molecule has 0 radical (unpaired) electrons. The second-order valence-electron chi connectivity index (χ2n) is 3.03. The van der Waals surface area contributed by atoms with Gasteiger partial charge in [-0.1, -0.05) is 5.16 Å². The summed E-state index contributed by atoms with van der Waals surface area (Å²) in [5.74, 6) is 0.0661. The van der Waals surface area contributed by atoms with Crippen molar-refractivity contribution in [3.05, 3.63) is 17.0 Å². The molecule has 1 aromatic rings. The van der Waals surface area contributed by atoms with E-state index in [9.17, 15) is 9.90 Å². The molecule has 1 aromatic heterocycles. The van der Waals surface area contributed by atoms with E-state index in [0.717, 1.165) is 0 Å². The summed E-state index contributed by atoms with van der Waals surface area (Å²) in [7, 11) is 1.28. The van der Waals surface area contributed by atoms with E-state index in [1.54, 1.807) is 13.8 Å². The van der Waals surface area contributed by atoms with E-state index in [4.69, 9.17) is 4.52 Å². The smallest absolute Gasteiger partial charge is 0.308 e. The van der Waals surface area contributed by atoms with E-state index in [0.29, 0.717) is 17.0 Å². The van der Waals surface area contributed by atoms with Gasteiger partial charge in [-0.2, -0.15) is 0 Å². The second-order valence-corrected chi connectivity index (χ2v) is 3.03. The molecule has 14 heavy (non-hydrogen) atoms. The lowest BCUT2D eigenvalue weighted by molar-refractivity contribution is -0.142. The quantitative estimate of drug-likeness (QED) is 0.732. The third kappa shape index (κ3) is 2.11. The number of aryl methyl sites for hydroxylation is 2. The van der Waals surface area contributed by atoms with Gasteiger partial charge in [0.15, 0.2) is 0 Å². The maximum absolute atomic E-state index is 10.9. The molecular formula is C9H13NO4. The zero-order valence-electron chi connectivity index (χ0n) is 8.40. The van der Waals surface area contributed by atoms with E-state index in [1.165, 1.54) is 7.11 Å². The lowest BCUT2D eigenvalue weighted by Crippen LogP contribution is -2.09. The minimum absolute atomic E-state index is 0.0839. The fourth-order valence-electron chi connectivity index (χ4n) is 1.31. The summed E-state index contributed by atoms with van der Waals surface area (Å²) < 4.78 is 9.32. The molecule has 5 heteroatoms. The highest BCUT2D eigenvalue weighted by atomic mass is 16.5. The molecule has 0 aliphatic carbocycles. The number of aliphatic hydroxyl groups is 1. The van der Waals surface area contributed by atoms with Crippen molar-refractivity contribution in [1.82, 2.24) is 5.16 Å². The Bertz CT molecular complexity index is 312. The zero-order chi connectivity index (χ0) is 10.7. The first-order valence-corrected chi connectivity index (χ1v) is 4.24. The van der Waals surface area contributed by atoms with Gasteiger partial charge in [-0.15, -0.1) is 0 Å². The Labute approximate surface area is 81.7 Å². The number of carbonyl (C=O) groups is 1. The van der Waals surface area contributed by atoms with Crippen molar-refractivity contribution < 1.29 is 19.2 Å². The van der Waals surface area contributed by atoms with E-state index >= 15 is 0 Å². The summed E-state index contributed by atoms with van der Waals surface area (Å²) >= 11 is 0. The standard InChI is InChI=1S/C9H13NO4/c1-5-9(6(2)14-10-5)7(11)4-8(12)13-3/h7,11H,4H2,1-3H3/t7-/m1/s1. The van der Waals surface area contributed by atoms with Gasteiger partial charge >= 0.3 is 5.97 Å². The highest BCUT2D eigenvalue weighted by molar-refractivity contribution is 5.70. The van der Waals surface area contributed by atoms with Crippen LogP contribution in [0.4, 0.5) is 0 Å². The molecule has 0 aromatic carbocycles. The summed E-state index contributed by atoms with van der Waals surface area (Å²) in [6.45, 7) is 3.40. The number of methoxy groups -OCH3 is 1. The summed E-state index contributed by atoms with van der Waals surface area (Å²) in [5, 5.41) is 13.4. The predicted molar refractivity (Wildman–Crippen MR) is 47.6 cm³/mol. The molecule has 0 amide bonds. The van der Waals surface area contributed by atoms with E-state index in [-0.39, 0.29) is 6.42 Å². The number of esters is 1. The molecule has 0 unspecified atom stereocenters. The van der Waals surface area contributed by atoms with Gasteiger partial charge in [0.05, 0.1) is 25.3 Å². The van der Waals surface area contributed by atoms with Crippen LogP contribution in [-0.4, -0.2) is 23.3 Å². The molecule has 0 bridgehead atoms. The minimum Gasteiger partial charge on any atom is -0.469 e. The summed E-state index contributed by atoms with van der Waals surface area (Å²) in [4.78, 5) is 10.9. The third-order valence-corrected chi connectivity index (χ3v) is 2.01. The Morgan fingerprint density at radius 2 is 2.29 bits per heavy atom. The SMILES string of the molecule is COC(=O)C[C@@H](O)c1c(C)noc1C. The molecule has 0 fully saturated rings. The molecular weight excluding hydrogens is 186 g/mol. The normalized spacial score (nSPS) is 12.6. The Kier molecular flexibility index (Phi) is 3.24. The van der Waals surface area contributed by atoms with Crippen molar-refractivity contribution in [1.29, 1.82) is 0 Å². The van der Waals surface area contributed by atoms with Gasteiger partial charge in [0.25, 0.3) is 0 Å². The first kappa shape index (κ1) is 10.7. The van der Waals surface area contributed by atoms with Crippen molar-refractivity contribution in [2.75, 3.05) is 7.11 Å². The summed E-state index contributed by atoms with van der Waals surface area (Å²) in [6, 6.07) is 0. The average Bonchev–Trinajstić information content (AvgIpc) is 2.46. The van der Waals surface area contributed by atoms with Gasteiger partial charge in [0.2, 0.25) is 0 Å². The zero-order valence-corrected chi connectivity index (χ0v) is 8.40. The van der Waals surface area contributed by atoms with Gasteiger partial charge in [-0.05, 0) is 13.8 Å². The van der Waals surface area contributed by atoms with Crippen molar-refractivity contribution in [2.45, 2.75) is 26.4 Å². The number of aliphatic hydroxyl groups excluding tert-OH is 1. The molecule has 0 saturated heterocycles. The highest BCUT2D eigenvalue weighted by Crippen LogP contribution is 2.23. The van der Waals surface area contributed by atoms with Crippen molar-refractivity contribution in [3.8, 4) is 0 Å². The van der Waals surface area contributed by atoms with Crippen molar-refractivity contribution in [2.24, 2.45) is 0 Å². The van der Waals surface area contributed by atoms with Crippen LogP contribution in [0.25, 0.3) is 0 Å². The van der Waals surface area contributed by atoms with Gasteiger partial charge in [0.1, 0.15) is 5.76 Å². The summed E-state index contributed by atoms with van der Waals surface area (Å²) in [6.07, 6.45) is -0.993. The maximum atomic E-state index is 10.9. The lowest BCUT2D eigenvalue weighted by atomic mass is 10.1. The van der Waals surface area contributed by atoms with Gasteiger partial charge in [0, 0.05) is 5.56 Å². The van der Waals surface area contributed by atoms with Gasteiger partial charge in [-0.3, -0.25) is 4.79 Å². The van der Waals surface area contributed by atoms with Crippen molar-refractivity contribution in [3.63, 3.8) is 0 Å². The van der Waals surface area contributed by atoms with Gasteiger partial charge in [-0.25, -0.2) is 0 Å². The molecule has 5 nitrogen and oxygen atoms in total. The molecule has 1 rings (SSSR count). The molecule has 0 aliphatic rings. The number of carbonyl (C=O) groups excluding carboxylic acids is 1. The first-order chi connectivity index (χ1) is 6.56. The molecule has 0 spiro atoms. The van der Waals surface area contributed by atoms with Crippen LogP contribution in [0.3, 0.4) is 0 Å². The molecule has 1 N–H and O–H groups in total. The van der Waals surface area contributed by atoms with E-state index < -0.39 is 12.1 Å². The number of rotatable bonds is 3. The predicted octanol–water partition coefficient (Wildman–Crippen LogP) is 0.888. The van der Waals surface area contributed by atoms with Crippen molar-refractivity contribution >= 4 is 5.97 Å². The monoisotopic (exact) mass is 199 g/mol. The second kappa shape index (κ2) is 4.23. The van der Waals surface area contributed by atoms with Crippen LogP contribution in [0.15, 0.2) is 4.52 Å². The van der Waals surface area contributed by atoms with E-state index in [1.807, 2.05) is 0 Å². The largest absolute Gasteiger partial charge is 0.469 e. The topological polar surface area (TPSA) is 72.6 Å². The molecule has 78 valence electrons. The fraction of sp³-hybridized carbons (Fsp3) is 0.556. The Morgan fingerprint density at radius 3 is 2.71 bits per heavy atom. The third-order valence-electron chi connectivity index (χ3n) is 2.01. The molecule has 0 aliphatic heterocycles. The Morgan fingerprint density at radius 1 is 1.64 bits per heavy atom. The highest BCUT2D eigenvalue weighted by Gasteiger charge is 2.20. The molecule has 1 atom stereocenters. The van der Waals surface area contributed by atoms with Gasteiger partial charge < -0.3 is 14.4 Å². The summed E-state index contributed by atoms with van der Waals surface area (Å²) in [5.41, 5.74) is 1.16. The van der Waals surface area contributed by atoms with Crippen LogP contribution < -0.4 is 0 Å². The molecule has 0 saturated carbocycles. The van der Waals surface area contributed by atoms with Crippen LogP contribution in [0.2, 0.25) is 0 Å². The molecule has 1 heterocycles. The Balaban J connectivity index is 2.78. The fourth-order valence-corrected chi connectivity index (χ4v) is 1.31. The minimum atomic E-state index is -0.909. The van der Waals surface area contributed by atoms with Crippen LogP contribution in [0.5, 0.6) is 0 Å². The number of ether oxygens (including phenoxy) is 1. The maximum Gasteiger partial charge on any atom is 0.308 e. The number of hydrogen-bond acceptors (Lipinski definition) is 5. The Hall–Kier alpha value is -1.36. The lowest BCUT2D eigenvalue weighted by Gasteiger charge is -2.07. The first-order valence-electron chi connectivity index (χ1n) is 4.24. The van der Waals surface area contributed by atoms with E-state index in [2.05, 4.69) is 9.89 Å². The average molecular weight is 199 g/mol.